The number of nitrogens with zero attached hydrogens (tertiary/aromatic N) is 3. The highest BCUT2D eigenvalue weighted by Crippen LogP contribution is 2.30. The number of aromatic nitrogens is 2. The van der Waals surface area contributed by atoms with Crippen molar-refractivity contribution in [1.82, 2.24) is 15.3 Å². The number of alkyl halides is 3. The lowest BCUT2D eigenvalue weighted by Gasteiger charge is -2.17. The van der Waals surface area contributed by atoms with Gasteiger partial charge in [-0.05, 0) is 40.5 Å². The minimum absolute atomic E-state index is 0.00756. The van der Waals surface area contributed by atoms with Gasteiger partial charge in [0.05, 0.1) is 10.0 Å². The van der Waals surface area contributed by atoms with Gasteiger partial charge >= 0.3 is 6.18 Å². The first kappa shape index (κ1) is 18.1. The van der Waals surface area contributed by atoms with Gasteiger partial charge in [0.25, 0.3) is 0 Å². The van der Waals surface area contributed by atoms with Gasteiger partial charge in [-0.1, -0.05) is 0 Å². The van der Waals surface area contributed by atoms with Crippen molar-refractivity contribution in [3.8, 4) is 0 Å². The quantitative estimate of drug-likeness (QED) is 0.767. The predicted molar refractivity (Wildman–Crippen MR) is 88.6 cm³/mol. The molecule has 134 valence electrons. The largest absolute Gasteiger partial charge is 0.416 e. The highest BCUT2D eigenvalue weighted by atomic mass is 79.9. The highest BCUT2D eigenvalue weighted by molar-refractivity contribution is 9.10. The van der Waals surface area contributed by atoms with E-state index in [1.54, 1.807) is 12.4 Å². The standard InChI is InChI=1S/C16H15BrF4N4/c17-12-7-23-15(24-8-12)25-4-3-13(9-25)22-6-10-5-11(16(19,20)21)1-2-14(10)18/h1-2,5,7-8,13,22H,3-4,6,9H2/t13-/m0/s1. The van der Waals surface area contributed by atoms with Crippen LogP contribution in [0, 0.1) is 5.82 Å². The third-order valence-corrected chi connectivity index (χ3v) is 4.44. The summed E-state index contributed by atoms with van der Waals surface area (Å²) in [6.45, 7) is 1.38. The Morgan fingerprint density at radius 2 is 1.96 bits per heavy atom. The SMILES string of the molecule is Fc1ccc(C(F)(F)F)cc1CN[C@H]1CCN(c2ncc(Br)cn2)C1. The van der Waals surface area contributed by atoms with E-state index < -0.39 is 17.6 Å². The van der Waals surface area contributed by atoms with E-state index in [0.29, 0.717) is 12.5 Å². The molecule has 1 N–H and O–H groups in total. The van der Waals surface area contributed by atoms with Gasteiger partial charge in [0.2, 0.25) is 5.95 Å². The summed E-state index contributed by atoms with van der Waals surface area (Å²) in [5.41, 5.74) is -0.838. The Kier molecular flexibility index (Phi) is 5.24. The van der Waals surface area contributed by atoms with Crippen LogP contribution in [0.25, 0.3) is 0 Å². The van der Waals surface area contributed by atoms with Gasteiger partial charge in [-0.15, -0.1) is 0 Å². The molecule has 1 fully saturated rings. The van der Waals surface area contributed by atoms with Crippen LogP contribution in [-0.2, 0) is 12.7 Å². The maximum Gasteiger partial charge on any atom is 0.416 e. The molecule has 0 bridgehead atoms. The molecule has 4 nitrogen and oxygen atoms in total. The van der Waals surface area contributed by atoms with Crippen LogP contribution in [0.1, 0.15) is 17.5 Å². The van der Waals surface area contributed by atoms with Crippen molar-refractivity contribution in [3.63, 3.8) is 0 Å². The zero-order valence-corrected chi connectivity index (χ0v) is 14.6. The number of rotatable bonds is 4. The Bertz CT molecular complexity index is 736. The molecule has 2 aromatic rings. The maximum atomic E-state index is 13.8. The second-order valence-corrected chi connectivity index (χ2v) is 6.73. The molecule has 0 amide bonds. The molecule has 1 aromatic heterocycles. The lowest BCUT2D eigenvalue weighted by molar-refractivity contribution is -0.137. The van der Waals surface area contributed by atoms with Gasteiger partial charge < -0.3 is 10.2 Å². The third-order valence-electron chi connectivity index (χ3n) is 4.03. The molecule has 2 heterocycles. The smallest absolute Gasteiger partial charge is 0.339 e. The summed E-state index contributed by atoms with van der Waals surface area (Å²) < 4.78 is 52.8. The molecule has 1 aromatic carbocycles. The zero-order valence-electron chi connectivity index (χ0n) is 13.0. The molecule has 1 saturated heterocycles. The van der Waals surface area contributed by atoms with Crippen molar-refractivity contribution in [2.24, 2.45) is 0 Å². The Labute approximate surface area is 150 Å². The van der Waals surface area contributed by atoms with Gasteiger partial charge in [-0.2, -0.15) is 13.2 Å². The lowest BCUT2D eigenvalue weighted by atomic mass is 10.1. The monoisotopic (exact) mass is 418 g/mol. The minimum atomic E-state index is -4.48. The maximum absolute atomic E-state index is 13.8. The molecule has 0 saturated carbocycles. The first-order valence-electron chi connectivity index (χ1n) is 7.64. The molecule has 0 unspecified atom stereocenters. The molecule has 9 heteroatoms. The average Bonchev–Trinajstić information content (AvgIpc) is 3.02. The van der Waals surface area contributed by atoms with Crippen LogP contribution in [0.4, 0.5) is 23.5 Å². The van der Waals surface area contributed by atoms with Crippen LogP contribution >= 0.6 is 15.9 Å². The van der Waals surface area contributed by atoms with Crippen molar-refractivity contribution in [2.45, 2.75) is 25.2 Å². The van der Waals surface area contributed by atoms with Gasteiger partial charge in [0.1, 0.15) is 5.82 Å². The molecule has 1 aliphatic rings. The van der Waals surface area contributed by atoms with Crippen LogP contribution < -0.4 is 10.2 Å². The highest BCUT2D eigenvalue weighted by Gasteiger charge is 2.31. The van der Waals surface area contributed by atoms with E-state index in [-0.39, 0.29) is 18.2 Å². The van der Waals surface area contributed by atoms with Crippen LogP contribution in [-0.4, -0.2) is 29.1 Å². The predicted octanol–water partition coefficient (Wildman–Crippen LogP) is 3.77. The van der Waals surface area contributed by atoms with Gasteiger partial charge in [-0.25, -0.2) is 14.4 Å². The second kappa shape index (κ2) is 7.25. The Balaban J connectivity index is 1.60. The number of benzene rings is 1. The van der Waals surface area contributed by atoms with E-state index in [4.69, 9.17) is 0 Å². The average molecular weight is 419 g/mol. The lowest BCUT2D eigenvalue weighted by Crippen LogP contribution is -2.33. The van der Waals surface area contributed by atoms with Gasteiger partial charge in [0, 0.05) is 43.6 Å². The third kappa shape index (κ3) is 4.46. The second-order valence-electron chi connectivity index (χ2n) is 5.82. The van der Waals surface area contributed by atoms with E-state index in [0.717, 1.165) is 35.6 Å². The molecule has 3 rings (SSSR count). The van der Waals surface area contributed by atoms with Gasteiger partial charge in [0.15, 0.2) is 0 Å². The Morgan fingerprint density at radius 1 is 1.24 bits per heavy atom. The molecular formula is C16H15BrF4N4. The van der Waals surface area contributed by atoms with E-state index in [1.807, 2.05) is 4.90 Å². The van der Waals surface area contributed by atoms with Crippen molar-refractivity contribution in [1.29, 1.82) is 0 Å². The number of anilines is 1. The fraction of sp³-hybridized carbons (Fsp3) is 0.375. The normalized spacial score (nSPS) is 18.0. The molecule has 0 aliphatic carbocycles. The summed E-state index contributed by atoms with van der Waals surface area (Å²) in [6, 6.07) is 2.49. The Morgan fingerprint density at radius 3 is 2.64 bits per heavy atom. The number of halogens is 5. The summed E-state index contributed by atoms with van der Waals surface area (Å²) >= 11 is 3.27. The van der Waals surface area contributed by atoms with Crippen molar-refractivity contribution < 1.29 is 17.6 Å². The Hall–Kier alpha value is -1.74. The van der Waals surface area contributed by atoms with Crippen LogP contribution in [0.5, 0.6) is 0 Å². The van der Waals surface area contributed by atoms with E-state index in [2.05, 4.69) is 31.2 Å². The summed E-state index contributed by atoms with van der Waals surface area (Å²) in [6.07, 6.45) is -0.395. The fourth-order valence-electron chi connectivity index (χ4n) is 2.72. The van der Waals surface area contributed by atoms with Crippen LogP contribution in [0.2, 0.25) is 0 Å². The molecule has 0 spiro atoms. The summed E-state index contributed by atoms with van der Waals surface area (Å²) in [5, 5.41) is 3.11. The van der Waals surface area contributed by atoms with Crippen LogP contribution in [0.3, 0.4) is 0 Å². The minimum Gasteiger partial charge on any atom is -0.339 e. The van der Waals surface area contributed by atoms with E-state index in [1.165, 1.54) is 0 Å². The number of hydrogen-bond acceptors (Lipinski definition) is 4. The zero-order chi connectivity index (χ0) is 18.0. The van der Waals surface area contributed by atoms with Crippen molar-refractivity contribution in [3.05, 3.63) is 52.0 Å². The molecule has 0 radical (unpaired) electrons. The van der Waals surface area contributed by atoms with Gasteiger partial charge in [-0.3, -0.25) is 0 Å². The summed E-state index contributed by atoms with van der Waals surface area (Å²) in [5.74, 6) is -0.0515. The molecule has 1 atom stereocenters. The molecule has 1 aliphatic heterocycles. The first-order valence-corrected chi connectivity index (χ1v) is 8.44. The fourth-order valence-corrected chi connectivity index (χ4v) is 2.92. The topological polar surface area (TPSA) is 41.0 Å². The number of nitrogens with one attached hydrogen (secondary N) is 1. The van der Waals surface area contributed by atoms with E-state index in [9.17, 15) is 17.6 Å². The summed E-state index contributed by atoms with van der Waals surface area (Å²) in [4.78, 5) is 10.4. The number of hydrogen-bond donors (Lipinski definition) is 1. The van der Waals surface area contributed by atoms with Crippen molar-refractivity contribution >= 4 is 21.9 Å². The summed E-state index contributed by atoms with van der Waals surface area (Å²) in [7, 11) is 0. The molecule has 25 heavy (non-hydrogen) atoms. The van der Waals surface area contributed by atoms with E-state index >= 15 is 0 Å². The van der Waals surface area contributed by atoms with Crippen LogP contribution in [0.15, 0.2) is 35.1 Å². The molecular weight excluding hydrogens is 404 g/mol. The van der Waals surface area contributed by atoms with Crippen molar-refractivity contribution in [2.75, 3.05) is 18.0 Å². The first-order chi connectivity index (χ1) is 11.8.